The van der Waals surface area contributed by atoms with Crippen molar-refractivity contribution < 1.29 is 0 Å². The highest BCUT2D eigenvalue weighted by atomic mass is 15.3. The molecule has 5 rings (SSSR count). The van der Waals surface area contributed by atoms with Crippen LogP contribution >= 0.6 is 0 Å². The lowest BCUT2D eigenvalue weighted by Gasteiger charge is -2.34. The van der Waals surface area contributed by atoms with Crippen LogP contribution in [0.3, 0.4) is 0 Å². The molecule has 1 aliphatic rings. The van der Waals surface area contributed by atoms with Gasteiger partial charge < -0.3 is 15.1 Å². The fourth-order valence-corrected chi connectivity index (χ4v) is 4.40. The van der Waals surface area contributed by atoms with Crippen LogP contribution in [-0.4, -0.2) is 57.9 Å². The van der Waals surface area contributed by atoms with Gasteiger partial charge in [-0.1, -0.05) is 18.2 Å². The summed E-state index contributed by atoms with van der Waals surface area (Å²) in [6.07, 6.45) is 5.11. The first-order valence-electron chi connectivity index (χ1n) is 12.1. The second-order valence-electron chi connectivity index (χ2n) is 9.13. The van der Waals surface area contributed by atoms with Crippen LogP contribution in [0.5, 0.6) is 0 Å². The molecule has 1 aliphatic heterocycles. The molecule has 0 aliphatic carbocycles. The zero-order chi connectivity index (χ0) is 24.2. The third kappa shape index (κ3) is 5.10. The van der Waals surface area contributed by atoms with E-state index in [0.29, 0.717) is 12.4 Å². The molecule has 35 heavy (non-hydrogen) atoms. The lowest BCUT2D eigenvalue weighted by atomic mass is 10.1. The molecule has 2 aromatic carbocycles. The Hall–Kier alpha value is -3.96. The number of nitrogens with one attached hydrogen (secondary N) is 1. The number of hydrogen-bond donors (Lipinski definition) is 1. The van der Waals surface area contributed by atoms with Crippen LogP contribution < -0.4 is 10.2 Å². The van der Waals surface area contributed by atoms with E-state index in [9.17, 15) is 0 Å². The largest absolute Gasteiger partial charge is 0.369 e. The highest BCUT2D eigenvalue weighted by Crippen LogP contribution is 2.28. The molecule has 0 radical (unpaired) electrons. The smallest absolute Gasteiger partial charge is 0.227 e. The number of fused-ring (bicyclic) bond motifs is 1. The van der Waals surface area contributed by atoms with Crippen LogP contribution in [0, 0.1) is 11.3 Å². The summed E-state index contributed by atoms with van der Waals surface area (Å²) in [4.78, 5) is 14.1. The number of likely N-dealkylation sites (N-methyl/N-ethyl adjacent to an activating group) is 1. The summed E-state index contributed by atoms with van der Waals surface area (Å²) in [6.45, 7) is 6.35. The van der Waals surface area contributed by atoms with Crippen molar-refractivity contribution in [3.05, 3.63) is 60.9 Å². The lowest BCUT2D eigenvalue weighted by molar-refractivity contribution is 0.313. The first-order chi connectivity index (χ1) is 17.1. The molecule has 178 valence electrons. The molecule has 4 aromatic rings. The predicted octanol–water partition coefficient (Wildman–Crippen LogP) is 4.85. The zero-order valence-electron chi connectivity index (χ0n) is 20.2. The number of benzene rings is 2. The second kappa shape index (κ2) is 10.1. The van der Waals surface area contributed by atoms with E-state index in [1.54, 1.807) is 0 Å². The van der Waals surface area contributed by atoms with Crippen molar-refractivity contribution in [1.29, 1.82) is 5.26 Å². The monoisotopic (exact) mass is 466 g/mol. The number of nitriles is 1. The molecule has 1 atom stereocenters. The number of para-hydroxylation sites is 1. The number of hydrogen-bond acceptors (Lipinski definition) is 7. The number of anilines is 3. The van der Waals surface area contributed by atoms with Crippen LogP contribution in [0.1, 0.15) is 25.8 Å². The van der Waals surface area contributed by atoms with Gasteiger partial charge in [-0.3, -0.25) is 4.68 Å². The van der Waals surface area contributed by atoms with Gasteiger partial charge in [0.2, 0.25) is 5.95 Å². The van der Waals surface area contributed by atoms with Gasteiger partial charge in [-0.15, -0.1) is 0 Å². The van der Waals surface area contributed by atoms with E-state index in [1.165, 1.54) is 5.69 Å². The molecule has 1 N–H and O–H groups in total. The molecule has 0 spiro atoms. The van der Waals surface area contributed by atoms with Gasteiger partial charge in [-0.05, 0) is 50.7 Å². The fraction of sp³-hybridized carbons (Fsp3) is 0.333. The molecule has 1 fully saturated rings. The topological polar surface area (TPSA) is 85.9 Å². The average molecular weight is 467 g/mol. The Morgan fingerprint density at radius 3 is 2.63 bits per heavy atom. The lowest BCUT2D eigenvalue weighted by Crippen LogP contribution is -2.44. The summed E-state index contributed by atoms with van der Waals surface area (Å²) >= 11 is 0. The summed E-state index contributed by atoms with van der Waals surface area (Å²) in [5.41, 5.74) is 4.87. The first kappa shape index (κ1) is 22.8. The number of nitrogens with zero attached hydrogens (tertiary/aromatic N) is 7. The van der Waals surface area contributed by atoms with E-state index >= 15 is 0 Å². The van der Waals surface area contributed by atoms with Gasteiger partial charge in [0.25, 0.3) is 0 Å². The summed E-state index contributed by atoms with van der Waals surface area (Å²) in [5, 5.41) is 18.0. The maximum absolute atomic E-state index is 8.87. The van der Waals surface area contributed by atoms with Crippen LogP contribution in [-0.2, 0) is 0 Å². The molecule has 8 heteroatoms. The maximum atomic E-state index is 8.87. The van der Waals surface area contributed by atoms with Crippen molar-refractivity contribution in [2.45, 2.75) is 25.8 Å². The van der Waals surface area contributed by atoms with Crippen molar-refractivity contribution in [3.63, 3.8) is 0 Å². The Bertz CT molecular complexity index is 1330. The molecule has 3 heterocycles. The molecule has 0 saturated carbocycles. The predicted molar refractivity (Wildman–Crippen MR) is 140 cm³/mol. The Morgan fingerprint density at radius 2 is 1.86 bits per heavy atom. The third-order valence-electron chi connectivity index (χ3n) is 6.61. The highest BCUT2D eigenvalue weighted by Gasteiger charge is 2.15. The summed E-state index contributed by atoms with van der Waals surface area (Å²) in [7, 11) is 2.17. The standard InChI is InChI=1S/C27H30N8/c1-20(5-4-13-28)35-14-12-25(32-35)24-7-3-6-21-19-29-27(31-26(21)24)30-22-8-10-23(11-9-22)34-17-15-33(2)16-18-34/h3,6-12,14,19-20H,4-5,15-18H2,1-2H3,(H,29,30,31). The van der Waals surface area contributed by atoms with Gasteiger partial charge in [0, 0.05) is 67.3 Å². The van der Waals surface area contributed by atoms with E-state index in [4.69, 9.17) is 15.3 Å². The van der Waals surface area contributed by atoms with Crippen molar-refractivity contribution in [2.24, 2.45) is 0 Å². The summed E-state index contributed by atoms with van der Waals surface area (Å²) < 4.78 is 1.92. The summed E-state index contributed by atoms with van der Waals surface area (Å²) in [6, 6.07) is 18.9. The van der Waals surface area contributed by atoms with Crippen molar-refractivity contribution in [1.82, 2.24) is 24.6 Å². The van der Waals surface area contributed by atoms with E-state index < -0.39 is 0 Å². The molecule has 1 saturated heterocycles. The van der Waals surface area contributed by atoms with Gasteiger partial charge in [0.15, 0.2) is 0 Å². The van der Waals surface area contributed by atoms with Crippen LogP contribution in [0.2, 0.25) is 0 Å². The van der Waals surface area contributed by atoms with E-state index in [2.05, 4.69) is 64.4 Å². The SMILES string of the molecule is CC(CCC#N)n1ccc(-c2cccc3cnc(Nc4ccc(N5CCN(C)CC5)cc4)nc23)n1. The Balaban J connectivity index is 1.36. The van der Waals surface area contributed by atoms with Crippen LogP contribution in [0.4, 0.5) is 17.3 Å². The normalized spacial score (nSPS) is 15.2. The van der Waals surface area contributed by atoms with Crippen LogP contribution in [0.15, 0.2) is 60.9 Å². The Morgan fingerprint density at radius 1 is 1.06 bits per heavy atom. The minimum Gasteiger partial charge on any atom is -0.369 e. The van der Waals surface area contributed by atoms with Crippen molar-refractivity contribution in [2.75, 3.05) is 43.4 Å². The quantitative estimate of drug-likeness (QED) is 0.416. The molecule has 1 unspecified atom stereocenters. The fourth-order valence-electron chi connectivity index (χ4n) is 4.40. The average Bonchev–Trinajstić information content (AvgIpc) is 3.38. The van der Waals surface area contributed by atoms with Gasteiger partial charge in [-0.25, -0.2) is 9.97 Å². The Kier molecular flexibility index (Phi) is 6.59. The molecule has 0 bridgehead atoms. The van der Waals surface area contributed by atoms with Gasteiger partial charge in [0.1, 0.15) is 0 Å². The third-order valence-corrected chi connectivity index (χ3v) is 6.61. The van der Waals surface area contributed by atoms with Gasteiger partial charge in [0.05, 0.1) is 23.3 Å². The van der Waals surface area contributed by atoms with Crippen LogP contribution in [0.25, 0.3) is 22.2 Å². The maximum Gasteiger partial charge on any atom is 0.227 e. The Labute approximate surface area is 205 Å². The molecule has 8 nitrogen and oxygen atoms in total. The van der Waals surface area contributed by atoms with E-state index in [0.717, 1.165) is 60.4 Å². The van der Waals surface area contributed by atoms with Crippen molar-refractivity contribution >= 4 is 28.2 Å². The van der Waals surface area contributed by atoms with Gasteiger partial charge in [-0.2, -0.15) is 10.4 Å². The zero-order valence-corrected chi connectivity index (χ0v) is 20.2. The number of piperazine rings is 1. The minimum absolute atomic E-state index is 0.166. The number of rotatable bonds is 7. The van der Waals surface area contributed by atoms with Gasteiger partial charge >= 0.3 is 0 Å². The summed E-state index contributed by atoms with van der Waals surface area (Å²) in [5.74, 6) is 0.555. The molecular formula is C27H30N8. The highest BCUT2D eigenvalue weighted by molar-refractivity contribution is 5.92. The molecule has 2 aromatic heterocycles. The second-order valence-corrected chi connectivity index (χ2v) is 9.13. The van der Waals surface area contributed by atoms with E-state index in [-0.39, 0.29) is 6.04 Å². The van der Waals surface area contributed by atoms with Crippen molar-refractivity contribution in [3.8, 4) is 17.3 Å². The molecule has 0 amide bonds. The first-order valence-corrected chi connectivity index (χ1v) is 12.1. The molecular weight excluding hydrogens is 436 g/mol. The number of aromatic nitrogens is 4. The minimum atomic E-state index is 0.166. The van der Waals surface area contributed by atoms with E-state index in [1.807, 2.05) is 41.3 Å².